The van der Waals surface area contributed by atoms with Gasteiger partial charge < -0.3 is 20.7 Å². The first-order valence-electron chi connectivity index (χ1n) is 7.97. The molecular weight excluding hydrogens is 254 g/mol. The van der Waals surface area contributed by atoms with Crippen molar-refractivity contribution in [1.29, 1.82) is 0 Å². The highest BCUT2D eigenvalue weighted by atomic mass is 16.5. The lowest BCUT2D eigenvalue weighted by Gasteiger charge is -2.32. The van der Waals surface area contributed by atoms with Crippen LogP contribution in [0.5, 0.6) is 0 Å². The number of piperidine rings is 1. The zero-order valence-corrected chi connectivity index (χ0v) is 12.9. The van der Waals surface area contributed by atoms with Crippen molar-refractivity contribution < 1.29 is 9.53 Å². The lowest BCUT2D eigenvalue weighted by molar-refractivity contribution is -0.122. The van der Waals surface area contributed by atoms with Gasteiger partial charge in [0, 0.05) is 39.2 Å². The van der Waals surface area contributed by atoms with Gasteiger partial charge in [0.2, 0.25) is 5.91 Å². The molecule has 0 aromatic carbocycles. The van der Waals surface area contributed by atoms with Crippen LogP contribution in [0.15, 0.2) is 0 Å². The summed E-state index contributed by atoms with van der Waals surface area (Å²) in [4.78, 5) is 14.2. The molecule has 118 valence electrons. The van der Waals surface area contributed by atoms with E-state index in [4.69, 9.17) is 10.5 Å². The number of unbranched alkanes of at least 4 members (excludes halogenated alkanes) is 3. The summed E-state index contributed by atoms with van der Waals surface area (Å²) < 4.78 is 5.09. The van der Waals surface area contributed by atoms with Crippen molar-refractivity contribution in [3.8, 4) is 0 Å². The van der Waals surface area contributed by atoms with Crippen molar-refractivity contribution in [2.24, 2.45) is 5.73 Å². The normalized spacial score (nSPS) is 17.3. The van der Waals surface area contributed by atoms with E-state index in [1.165, 1.54) is 0 Å². The van der Waals surface area contributed by atoms with Crippen molar-refractivity contribution in [1.82, 2.24) is 10.2 Å². The number of hydrogen-bond acceptors (Lipinski definition) is 4. The van der Waals surface area contributed by atoms with E-state index in [2.05, 4.69) is 10.2 Å². The van der Waals surface area contributed by atoms with Crippen LogP contribution < -0.4 is 11.1 Å². The zero-order chi connectivity index (χ0) is 14.6. The monoisotopic (exact) mass is 285 g/mol. The number of methoxy groups -OCH3 is 1. The molecule has 1 fully saturated rings. The van der Waals surface area contributed by atoms with E-state index in [1.807, 2.05) is 0 Å². The fourth-order valence-electron chi connectivity index (χ4n) is 2.60. The highest BCUT2D eigenvalue weighted by Gasteiger charge is 2.19. The van der Waals surface area contributed by atoms with E-state index < -0.39 is 0 Å². The highest BCUT2D eigenvalue weighted by Crippen LogP contribution is 2.10. The Hall–Kier alpha value is -0.650. The van der Waals surface area contributed by atoms with E-state index in [0.29, 0.717) is 12.5 Å². The van der Waals surface area contributed by atoms with Crippen molar-refractivity contribution in [2.75, 3.05) is 39.9 Å². The van der Waals surface area contributed by atoms with Crippen molar-refractivity contribution in [3.63, 3.8) is 0 Å². The van der Waals surface area contributed by atoms with Crippen LogP contribution in [0.2, 0.25) is 0 Å². The molecule has 1 amide bonds. The van der Waals surface area contributed by atoms with Gasteiger partial charge in [-0.3, -0.25) is 4.79 Å². The zero-order valence-electron chi connectivity index (χ0n) is 12.9. The molecule has 0 saturated carbocycles. The Morgan fingerprint density at radius 3 is 2.60 bits per heavy atom. The first-order valence-corrected chi connectivity index (χ1v) is 7.97. The van der Waals surface area contributed by atoms with Crippen LogP contribution in [0.4, 0.5) is 0 Å². The molecule has 1 aliphatic heterocycles. The minimum absolute atomic E-state index is 0.216. The summed E-state index contributed by atoms with van der Waals surface area (Å²) in [6, 6.07) is 0.366. The van der Waals surface area contributed by atoms with Crippen LogP contribution in [0, 0.1) is 0 Å². The molecule has 5 heteroatoms. The van der Waals surface area contributed by atoms with Crippen molar-refractivity contribution in [3.05, 3.63) is 0 Å². The lowest BCUT2D eigenvalue weighted by Crippen LogP contribution is -2.45. The number of nitrogens with two attached hydrogens (primary N) is 1. The van der Waals surface area contributed by atoms with E-state index in [-0.39, 0.29) is 5.91 Å². The van der Waals surface area contributed by atoms with Gasteiger partial charge in [-0.1, -0.05) is 12.8 Å². The maximum Gasteiger partial charge on any atom is 0.220 e. The molecule has 0 atom stereocenters. The third kappa shape index (κ3) is 7.82. The second-order valence-electron chi connectivity index (χ2n) is 5.63. The number of hydrogen-bond donors (Lipinski definition) is 2. The Kier molecular flexibility index (Phi) is 9.62. The predicted molar refractivity (Wildman–Crippen MR) is 81.6 cm³/mol. The first kappa shape index (κ1) is 17.4. The van der Waals surface area contributed by atoms with Gasteiger partial charge in [-0.25, -0.2) is 0 Å². The minimum Gasteiger partial charge on any atom is -0.383 e. The third-order valence-electron chi connectivity index (χ3n) is 3.92. The smallest absolute Gasteiger partial charge is 0.220 e. The van der Waals surface area contributed by atoms with E-state index in [1.54, 1.807) is 7.11 Å². The van der Waals surface area contributed by atoms with Gasteiger partial charge in [0.05, 0.1) is 6.61 Å². The molecule has 0 spiro atoms. The summed E-state index contributed by atoms with van der Waals surface area (Å²) in [5, 5.41) is 3.16. The molecule has 0 aliphatic carbocycles. The van der Waals surface area contributed by atoms with Gasteiger partial charge in [0.1, 0.15) is 0 Å². The molecule has 0 aromatic heterocycles. The molecule has 1 saturated heterocycles. The summed E-state index contributed by atoms with van der Waals surface area (Å²) >= 11 is 0. The first-order chi connectivity index (χ1) is 9.76. The van der Waals surface area contributed by atoms with E-state index in [0.717, 1.165) is 71.3 Å². The topological polar surface area (TPSA) is 67.6 Å². The number of likely N-dealkylation sites (tertiary alicyclic amines) is 1. The van der Waals surface area contributed by atoms with Crippen LogP contribution in [0.1, 0.15) is 44.9 Å². The second-order valence-corrected chi connectivity index (χ2v) is 5.63. The average Bonchev–Trinajstić information content (AvgIpc) is 2.46. The molecule has 1 aliphatic rings. The van der Waals surface area contributed by atoms with Crippen LogP contribution in [-0.4, -0.2) is 56.7 Å². The van der Waals surface area contributed by atoms with Gasteiger partial charge >= 0.3 is 0 Å². The molecule has 0 bridgehead atoms. The number of amides is 1. The maximum atomic E-state index is 11.8. The largest absolute Gasteiger partial charge is 0.383 e. The molecule has 0 aromatic rings. The number of nitrogens with one attached hydrogen (secondary N) is 1. The van der Waals surface area contributed by atoms with Crippen LogP contribution >= 0.6 is 0 Å². The number of carbonyl (C=O) groups excluding carboxylic acids is 1. The molecule has 1 heterocycles. The Morgan fingerprint density at radius 2 is 1.95 bits per heavy atom. The fourth-order valence-corrected chi connectivity index (χ4v) is 2.60. The number of rotatable bonds is 10. The molecular formula is C15H31N3O2. The van der Waals surface area contributed by atoms with Crippen LogP contribution in [0.3, 0.4) is 0 Å². The minimum atomic E-state index is 0.216. The quantitative estimate of drug-likeness (QED) is 0.590. The molecule has 5 nitrogen and oxygen atoms in total. The average molecular weight is 285 g/mol. The second kappa shape index (κ2) is 11.1. The van der Waals surface area contributed by atoms with E-state index in [9.17, 15) is 4.79 Å². The Morgan fingerprint density at radius 1 is 1.25 bits per heavy atom. The molecule has 20 heavy (non-hydrogen) atoms. The highest BCUT2D eigenvalue weighted by molar-refractivity contribution is 5.76. The van der Waals surface area contributed by atoms with E-state index >= 15 is 0 Å². The molecule has 0 unspecified atom stereocenters. The fraction of sp³-hybridized carbons (Fsp3) is 0.933. The Balaban J connectivity index is 2.03. The van der Waals surface area contributed by atoms with Gasteiger partial charge in [-0.2, -0.15) is 0 Å². The Labute approximate surface area is 123 Å². The Bertz CT molecular complexity index is 254. The van der Waals surface area contributed by atoms with Gasteiger partial charge in [0.25, 0.3) is 0 Å². The van der Waals surface area contributed by atoms with Gasteiger partial charge in [-0.15, -0.1) is 0 Å². The van der Waals surface area contributed by atoms with Crippen molar-refractivity contribution in [2.45, 2.75) is 51.0 Å². The molecule has 0 radical (unpaired) electrons. The summed E-state index contributed by atoms with van der Waals surface area (Å²) in [5.74, 6) is 0.216. The van der Waals surface area contributed by atoms with Crippen LogP contribution in [-0.2, 0) is 9.53 Å². The summed E-state index contributed by atoms with van der Waals surface area (Å²) in [5.41, 5.74) is 5.44. The summed E-state index contributed by atoms with van der Waals surface area (Å²) in [6.45, 7) is 4.67. The van der Waals surface area contributed by atoms with Crippen LogP contribution in [0.25, 0.3) is 0 Å². The molecule has 1 rings (SSSR count). The third-order valence-corrected chi connectivity index (χ3v) is 3.92. The van der Waals surface area contributed by atoms with Crippen molar-refractivity contribution >= 4 is 5.91 Å². The number of nitrogens with zero attached hydrogens (tertiary/aromatic N) is 1. The number of carbonyl (C=O) groups is 1. The number of ether oxygens (including phenoxy) is 1. The summed E-state index contributed by atoms with van der Waals surface area (Å²) in [7, 11) is 1.74. The lowest BCUT2D eigenvalue weighted by atomic mass is 10.0. The molecule has 3 N–H and O–H groups in total. The predicted octanol–water partition coefficient (Wildman–Crippen LogP) is 1.12. The SMILES string of the molecule is COCCN1CCC(NC(=O)CCCCCCN)CC1. The van der Waals surface area contributed by atoms with Gasteiger partial charge in [0.15, 0.2) is 0 Å². The summed E-state index contributed by atoms with van der Waals surface area (Å²) in [6.07, 6.45) is 7.08. The van der Waals surface area contributed by atoms with Gasteiger partial charge in [-0.05, 0) is 32.2 Å². The maximum absolute atomic E-state index is 11.8. The standard InChI is InChI=1S/C15H31N3O2/c1-20-13-12-18-10-7-14(8-11-18)17-15(19)6-4-2-3-5-9-16/h14H,2-13,16H2,1H3,(H,17,19).